The first-order chi connectivity index (χ1) is 13.9. The predicted molar refractivity (Wildman–Crippen MR) is 118 cm³/mol. The van der Waals surface area contributed by atoms with E-state index < -0.39 is 0 Å². The average Bonchev–Trinajstić information content (AvgIpc) is 3.25. The zero-order valence-corrected chi connectivity index (χ0v) is 18.6. The second kappa shape index (κ2) is 9.73. The summed E-state index contributed by atoms with van der Waals surface area (Å²) in [6, 6.07) is 2.91. The maximum absolute atomic E-state index is 12.1. The highest BCUT2D eigenvalue weighted by Gasteiger charge is 2.13. The highest BCUT2D eigenvalue weighted by Crippen LogP contribution is 2.33. The van der Waals surface area contributed by atoms with E-state index in [0.29, 0.717) is 27.9 Å². The minimum Gasteiger partial charge on any atom is -0.482 e. The Morgan fingerprint density at radius 2 is 2.10 bits per heavy atom. The first-order valence-electron chi connectivity index (χ1n) is 8.14. The Balaban J connectivity index is 1.59. The molecule has 2 aromatic heterocycles. The molecular weight excluding hydrogens is 477 g/mol. The van der Waals surface area contributed by atoms with Gasteiger partial charge in [0.1, 0.15) is 11.6 Å². The first kappa shape index (κ1) is 21.8. The van der Waals surface area contributed by atoms with Crippen molar-refractivity contribution in [3.8, 4) is 5.75 Å². The second-order valence-electron chi connectivity index (χ2n) is 5.70. The lowest BCUT2D eigenvalue weighted by atomic mass is 10.3. The van der Waals surface area contributed by atoms with Crippen LogP contribution in [0.15, 0.2) is 30.2 Å². The van der Waals surface area contributed by atoms with Crippen molar-refractivity contribution in [2.45, 2.75) is 13.0 Å². The molecule has 0 bridgehead atoms. The summed E-state index contributed by atoms with van der Waals surface area (Å²) in [7, 11) is 0. The third-order valence-corrected chi connectivity index (χ3v) is 5.76. The fraction of sp³-hybridized carbons (Fsp3) is 0.176. The largest absolute Gasteiger partial charge is 0.482 e. The van der Waals surface area contributed by atoms with Gasteiger partial charge in [0.2, 0.25) is 0 Å². The van der Waals surface area contributed by atoms with Gasteiger partial charge in [0.25, 0.3) is 5.91 Å². The first-order valence-corrected chi connectivity index (χ1v) is 10.6. The van der Waals surface area contributed by atoms with Gasteiger partial charge in [0.15, 0.2) is 16.5 Å². The summed E-state index contributed by atoms with van der Waals surface area (Å²) in [4.78, 5) is 16.5. The lowest BCUT2D eigenvalue weighted by Gasteiger charge is -2.08. The standard InChI is InChI=1S/C17H14Cl3N5O2S2/c1-2-3-25-14(23-24-17(25)28)4-9-8-29-16(21-9)22-15(26)7-27-13-6-11(19)10(18)5-12(13)20/h2,5-6,8H,1,3-4,7H2,(H,24,28)(H,21,22,26). The number of aromatic amines is 1. The van der Waals surface area contributed by atoms with Crippen LogP contribution in [0.25, 0.3) is 0 Å². The van der Waals surface area contributed by atoms with Gasteiger partial charge < -0.3 is 4.74 Å². The van der Waals surface area contributed by atoms with Crippen molar-refractivity contribution in [2.75, 3.05) is 11.9 Å². The summed E-state index contributed by atoms with van der Waals surface area (Å²) >= 11 is 24.3. The molecule has 0 radical (unpaired) electrons. The molecular formula is C17H14Cl3N5O2S2. The van der Waals surface area contributed by atoms with Gasteiger partial charge in [-0.05, 0) is 18.3 Å². The minimum atomic E-state index is -0.387. The number of carbonyl (C=O) groups is 1. The number of ether oxygens (including phenoxy) is 1. The predicted octanol–water partition coefficient (Wildman–Crippen LogP) is 5.15. The lowest BCUT2D eigenvalue weighted by molar-refractivity contribution is -0.118. The van der Waals surface area contributed by atoms with Gasteiger partial charge in [-0.2, -0.15) is 5.10 Å². The number of carbonyl (C=O) groups excluding carboxylic acids is 1. The molecule has 0 fully saturated rings. The van der Waals surface area contributed by atoms with Crippen molar-refractivity contribution >= 4 is 69.4 Å². The monoisotopic (exact) mass is 489 g/mol. The number of anilines is 1. The summed E-state index contributed by atoms with van der Waals surface area (Å²) in [5.74, 6) is 0.610. The van der Waals surface area contributed by atoms with Crippen LogP contribution in [-0.2, 0) is 17.8 Å². The number of allylic oxidation sites excluding steroid dienone is 1. The van der Waals surface area contributed by atoms with Crippen molar-refractivity contribution in [1.29, 1.82) is 0 Å². The quantitative estimate of drug-likeness (QED) is 0.259. The third-order valence-electron chi connectivity index (χ3n) is 3.62. The molecule has 152 valence electrons. The van der Waals surface area contributed by atoms with Crippen LogP contribution in [0.1, 0.15) is 11.5 Å². The maximum atomic E-state index is 12.1. The van der Waals surface area contributed by atoms with E-state index >= 15 is 0 Å². The highest BCUT2D eigenvalue weighted by molar-refractivity contribution is 7.71. The van der Waals surface area contributed by atoms with Crippen LogP contribution in [0.3, 0.4) is 0 Å². The maximum Gasteiger partial charge on any atom is 0.264 e. The highest BCUT2D eigenvalue weighted by atomic mass is 35.5. The van der Waals surface area contributed by atoms with Gasteiger partial charge in [-0.3, -0.25) is 19.8 Å². The second-order valence-corrected chi connectivity index (χ2v) is 8.17. The Kier molecular flexibility index (Phi) is 7.31. The summed E-state index contributed by atoms with van der Waals surface area (Å²) in [5, 5.41) is 12.8. The van der Waals surface area contributed by atoms with Crippen LogP contribution in [0.5, 0.6) is 5.75 Å². The normalized spacial score (nSPS) is 10.7. The minimum absolute atomic E-state index is 0.259. The van der Waals surface area contributed by atoms with E-state index in [1.165, 1.54) is 23.5 Å². The van der Waals surface area contributed by atoms with Gasteiger partial charge in [-0.25, -0.2) is 4.98 Å². The number of amides is 1. The number of nitrogens with zero attached hydrogens (tertiary/aromatic N) is 3. The number of benzene rings is 1. The van der Waals surface area contributed by atoms with Crippen LogP contribution >= 0.6 is 58.4 Å². The van der Waals surface area contributed by atoms with Crippen molar-refractivity contribution in [3.63, 3.8) is 0 Å². The molecule has 0 aliphatic heterocycles. The third kappa shape index (κ3) is 5.58. The smallest absolute Gasteiger partial charge is 0.264 e. The topological polar surface area (TPSA) is 84.8 Å². The van der Waals surface area contributed by atoms with E-state index in [0.717, 1.165) is 11.5 Å². The molecule has 0 aliphatic rings. The number of nitrogens with one attached hydrogen (secondary N) is 2. The fourth-order valence-electron chi connectivity index (χ4n) is 2.32. The fourth-order valence-corrected chi connectivity index (χ4v) is 3.87. The van der Waals surface area contributed by atoms with Gasteiger partial charge in [0, 0.05) is 18.0 Å². The molecule has 0 saturated heterocycles. The van der Waals surface area contributed by atoms with Crippen molar-refractivity contribution in [3.05, 3.63) is 61.5 Å². The van der Waals surface area contributed by atoms with E-state index in [1.54, 1.807) is 6.08 Å². The summed E-state index contributed by atoms with van der Waals surface area (Å²) in [6.45, 7) is 4.00. The van der Waals surface area contributed by atoms with Crippen molar-refractivity contribution in [2.24, 2.45) is 0 Å². The van der Waals surface area contributed by atoms with E-state index in [-0.39, 0.29) is 28.3 Å². The molecule has 1 aromatic carbocycles. The molecule has 29 heavy (non-hydrogen) atoms. The number of hydrogen-bond acceptors (Lipinski definition) is 6. The molecule has 3 aromatic rings. The number of halogens is 3. The molecule has 0 atom stereocenters. The Morgan fingerprint density at radius 1 is 1.34 bits per heavy atom. The van der Waals surface area contributed by atoms with Crippen molar-refractivity contribution in [1.82, 2.24) is 19.7 Å². The Morgan fingerprint density at radius 3 is 2.86 bits per heavy atom. The molecule has 7 nitrogen and oxygen atoms in total. The van der Waals surface area contributed by atoms with Crippen molar-refractivity contribution < 1.29 is 9.53 Å². The summed E-state index contributed by atoms with van der Waals surface area (Å²) in [5.41, 5.74) is 0.748. The molecule has 2 N–H and O–H groups in total. The SMILES string of the molecule is C=CCn1c(Cc2csc(NC(=O)COc3cc(Cl)c(Cl)cc3Cl)n2)n[nH]c1=S. The number of rotatable bonds is 8. The van der Waals surface area contributed by atoms with Gasteiger partial charge in [0.05, 0.1) is 27.2 Å². The molecule has 3 rings (SSSR count). The van der Waals surface area contributed by atoms with Gasteiger partial charge in [-0.15, -0.1) is 17.9 Å². The summed E-state index contributed by atoms with van der Waals surface area (Å²) in [6.07, 6.45) is 2.20. The van der Waals surface area contributed by atoms with Crippen LogP contribution in [0, 0.1) is 4.77 Å². The number of thiazole rings is 1. The van der Waals surface area contributed by atoms with E-state index in [9.17, 15) is 4.79 Å². The molecule has 0 saturated carbocycles. The van der Waals surface area contributed by atoms with Crippen LogP contribution < -0.4 is 10.1 Å². The number of H-pyrrole nitrogens is 1. The molecule has 0 unspecified atom stereocenters. The lowest BCUT2D eigenvalue weighted by Crippen LogP contribution is -2.20. The molecule has 1 amide bonds. The molecule has 0 aliphatic carbocycles. The molecule has 0 spiro atoms. The zero-order chi connectivity index (χ0) is 21.0. The van der Waals surface area contributed by atoms with Crippen LogP contribution in [0.2, 0.25) is 15.1 Å². The Bertz CT molecular complexity index is 1110. The van der Waals surface area contributed by atoms with E-state index in [1.807, 2.05) is 9.95 Å². The van der Waals surface area contributed by atoms with Crippen LogP contribution in [0.4, 0.5) is 5.13 Å². The molecule has 2 heterocycles. The Labute approximate surface area is 190 Å². The summed E-state index contributed by atoms with van der Waals surface area (Å²) < 4.78 is 7.75. The van der Waals surface area contributed by atoms with E-state index in [4.69, 9.17) is 51.8 Å². The number of aromatic nitrogens is 4. The van der Waals surface area contributed by atoms with Gasteiger partial charge >= 0.3 is 0 Å². The zero-order valence-electron chi connectivity index (χ0n) is 14.7. The van der Waals surface area contributed by atoms with E-state index in [2.05, 4.69) is 27.1 Å². The van der Waals surface area contributed by atoms with Crippen LogP contribution in [-0.4, -0.2) is 32.3 Å². The Hall–Kier alpha value is -1.91. The average molecular weight is 491 g/mol. The number of hydrogen-bond donors (Lipinski definition) is 2. The van der Waals surface area contributed by atoms with Gasteiger partial charge in [-0.1, -0.05) is 40.9 Å². The molecule has 12 heteroatoms.